The molecular formula is C10H13N3O5. The zero-order valence-electron chi connectivity index (χ0n) is 9.39. The van der Waals surface area contributed by atoms with E-state index in [0.29, 0.717) is 0 Å². The summed E-state index contributed by atoms with van der Waals surface area (Å²) in [6, 6.07) is 1.42. The van der Waals surface area contributed by atoms with Crippen molar-refractivity contribution < 1.29 is 19.7 Å². The van der Waals surface area contributed by atoms with E-state index in [1.54, 1.807) is 0 Å². The minimum atomic E-state index is -1.06. The molecule has 1 aliphatic rings. The third-order valence-electron chi connectivity index (χ3n) is 2.90. The Morgan fingerprint density at radius 2 is 2.39 bits per heavy atom. The van der Waals surface area contributed by atoms with Crippen molar-refractivity contribution in [3.8, 4) is 0 Å². The predicted molar refractivity (Wildman–Crippen MR) is 59.6 cm³/mol. The number of nitrogens with zero attached hydrogens (tertiary/aromatic N) is 2. The first kappa shape index (κ1) is 12.5. The van der Waals surface area contributed by atoms with Crippen molar-refractivity contribution in [2.24, 2.45) is 5.92 Å². The SMILES string of the molecule is Nc1ccn([C@H]2C[C@H](C(=O)O)[C@@H](CO)O2)c(=O)n1. The number of hydrogen-bond acceptors (Lipinski definition) is 6. The first-order valence-electron chi connectivity index (χ1n) is 5.36. The summed E-state index contributed by atoms with van der Waals surface area (Å²) >= 11 is 0. The van der Waals surface area contributed by atoms with Crippen molar-refractivity contribution in [3.05, 3.63) is 22.7 Å². The standard InChI is InChI=1S/C10H13N3O5/c11-7-1-2-13(10(17)12-7)8-3-5(9(15)16)6(4-14)18-8/h1-2,5-6,8,14H,3-4H2,(H,15,16)(H2,11,12,17)/t5-,6+,8+/m0/s1. The zero-order chi connectivity index (χ0) is 13.3. The number of carbonyl (C=O) groups is 1. The Kier molecular flexibility index (Phi) is 3.30. The van der Waals surface area contributed by atoms with Gasteiger partial charge in [-0.2, -0.15) is 4.98 Å². The molecular weight excluding hydrogens is 242 g/mol. The Labute approximate surface area is 102 Å². The number of anilines is 1. The van der Waals surface area contributed by atoms with Crippen molar-refractivity contribution in [1.29, 1.82) is 0 Å². The van der Waals surface area contributed by atoms with Gasteiger partial charge in [0.2, 0.25) is 0 Å². The topological polar surface area (TPSA) is 128 Å². The lowest BCUT2D eigenvalue weighted by molar-refractivity contribution is -0.144. The van der Waals surface area contributed by atoms with Gasteiger partial charge in [-0.15, -0.1) is 0 Å². The van der Waals surface area contributed by atoms with E-state index in [0.717, 1.165) is 0 Å². The Morgan fingerprint density at radius 1 is 1.67 bits per heavy atom. The van der Waals surface area contributed by atoms with Gasteiger partial charge in [0.25, 0.3) is 0 Å². The van der Waals surface area contributed by atoms with Gasteiger partial charge in [-0.1, -0.05) is 0 Å². The fourth-order valence-corrected chi connectivity index (χ4v) is 1.98. The molecule has 0 spiro atoms. The minimum absolute atomic E-state index is 0.0859. The molecule has 0 unspecified atom stereocenters. The molecule has 2 heterocycles. The minimum Gasteiger partial charge on any atom is -0.481 e. The van der Waals surface area contributed by atoms with Crippen LogP contribution in [0.25, 0.3) is 0 Å². The zero-order valence-corrected chi connectivity index (χ0v) is 9.39. The summed E-state index contributed by atoms with van der Waals surface area (Å²) in [4.78, 5) is 26.1. The first-order valence-corrected chi connectivity index (χ1v) is 5.36. The molecule has 0 aromatic carbocycles. The van der Waals surface area contributed by atoms with E-state index in [2.05, 4.69) is 4.98 Å². The Balaban J connectivity index is 2.26. The van der Waals surface area contributed by atoms with Crippen LogP contribution in [-0.2, 0) is 9.53 Å². The maximum absolute atomic E-state index is 11.6. The molecule has 1 aromatic heterocycles. The molecule has 0 amide bonds. The second-order valence-electron chi connectivity index (χ2n) is 4.03. The number of ether oxygens (including phenoxy) is 1. The van der Waals surface area contributed by atoms with E-state index in [4.69, 9.17) is 20.7 Å². The Hall–Kier alpha value is -1.93. The fraction of sp³-hybridized carbons (Fsp3) is 0.500. The summed E-state index contributed by atoms with van der Waals surface area (Å²) in [5.74, 6) is -1.82. The highest BCUT2D eigenvalue weighted by Crippen LogP contribution is 2.32. The molecule has 1 saturated heterocycles. The number of aliphatic hydroxyl groups excluding tert-OH is 1. The average Bonchev–Trinajstić information content (AvgIpc) is 2.73. The molecule has 18 heavy (non-hydrogen) atoms. The van der Waals surface area contributed by atoms with Crippen LogP contribution in [0.1, 0.15) is 12.6 Å². The highest BCUT2D eigenvalue weighted by atomic mass is 16.5. The van der Waals surface area contributed by atoms with Gasteiger partial charge in [0, 0.05) is 12.6 Å². The molecule has 1 aliphatic heterocycles. The van der Waals surface area contributed by atoms with Gasteiger partial charge in [-0.3, -0.25) is 9.36 Å². The fourth-order valence-electron chi connectivity index (χ4n) is 1.98. The molecule has 4 N–H and O–H groups in total. The lowest BCUT2D eigenvalue weighted by atomic mass is 10.0. The lowest BCUT2D eigenvalue weighted by Gasteiger charge is -2.14. The normalized spacial score (nSPS) is 27.3. The second kappa shape index (κ2) is 4.75. The van der Waals surface area contributed by atoms with Gasteiger partial charge in [0.1, 0.15) is 12.0 Å². The first-order chi connectivity index (χ1) is 8.52. The average molecular weight is 255 g/mol. The Morgan fingerprint density at radius 3 is 2.89 bits per heavy atom. The van der Waals surface area contributed by atoms with Crippen LogP contribution in [0.15, 0.2) is 17.1 Å². The Bertz CT molecular complexity index is 514. The number of aliphatic carboxylic acids is 1. The monoisotopic (exact) mass is 255 g/mol. The molecule has 0 bridgehead atoms. The van der Waals surface area contributed by atoms with Gasteiger partial charge in [-0.25, -0.2) is 4.79 Å². The van der Waals surface area contributed by atoms with Crippen LogP contribution in [0, 0.1) is 5.92 Å². The lowest BCUT2D eigenvalue weighted by Crippen LogP contribution is -2.28. The van der Waals surface area contributed by atoms with E-state index < -0.39 is 36.5 Å². The molecule has 3 atom stereocenters. The number of carboxylic acids is 1. The van der Waals surface area contributed by atoms with Crippen LogP contribution in [-0.4, -0.2) is 38.4 Å². The number of aromatic nitrogens is 2. The van der Waals surface area contributed by atoms with E-state index >= 15 is 0 Å². The number of hydrogen-bond donors (Lipinski definition) is 3. The second-order valence-corrected chi connectivity index (χ2v) is 4.03. The molecule has 2 rings (SSSR count). The maximum atomic E-state index is 11.6. The van der Waals surface area contributed by atoms with Crippen LogP contribution < -0.4 is 11.4 Å². The third kappa shape index (κ3) is 2.20. The number of carboxylic acid groups (broad SMARTS) is 1. The van der Waals surface area contributed by atoms with Crippen LogP contribution in [0.3, 0.4) is 0 Å². The van der Waals surface area contributed by atoms with Crippen molar-refractivity contribution in [3.63, 3.8) is 0 Å². The van der Waals surface area contributed by atoms with E-state index in [1.165, 1.54) is 16.8 Å². The molecule has 0 aliphatic carbocycles. The van der Waals surface area contributed by atoms with Gasteiger partial charge < -0.3 is 20.7 Å². The van der Waals surface area contributed by atoms with Crippen molar-refractivity contribution in [2.75, 3.05) is 12.3 Å². The van der Waals surface area contributed by atoms with Crippen LogP contribution >= 0.6 is 0 Å². The van der Waals surface area contributed by atoms with Gasteiger partial charge in [0.15, 0.2) is 0 Å². The van der Waals surface area contributed by atoms with E-state index in [1.807, 2.05) is 0 Å². The smallest absolute Gasteiger partial charge is 0.351 e. The highest BCUT2D eigenvalue weighted by Gasteiger charge is 2.40. The number of nitrogens with two attached hydrogens (primary N) is 1. The molecule has 98 valence electrons. The quantitative estimate of drug-likeness (QED) is 0.619. The summed E-state index contributed by atoms with van der Waals surface area (Å²) in [6.45, 7) is -0.412. The van der Waals surface area contributed by atoms with Crippen LogP contribution in [0.2, 0.25) is 0 Å². The van der Waals surface area contributed by atoms with Crippen molar-refractivity contribution in [2.45, 2.75) is 18.8 Å². The van der Waals surface area contributed by atoms with Gasteiger partial charge in [-0.05, 0) is 6.07 Å². The largest absolute Gasteiger partial charge is 0.481 e. The summed E-state index contributed by atoms with van der Waals surface area (Å²) in [5, 5.41) is 18.0. The van der Waals surface area contributed by atoms with Crippen molar-refractivity contribution >= 4 is 11.8 Å². The van der Waals surface area contributed by atoms with Crippen LogP contribution in [0.4, 0.5) is 5.82 Å². The number of aliphatic hydroxyl groups is 1. The van der Waals surface area contributed by atoms with Gasteiger partial charge in [0.05, 0.1) is 18.6 Å². The molecule has 0 saturated carbocycles. The third-order valence-corrected chi connectivity index (χ3v) is 2.90. The molecule has 1 aromatic rings. The van der Waals surface area contributed by atoms with E-state index in [-0.39, 0.29) is 12.2 Å². The summed E-state index contributed by atoms with van der Waals surface area (Å²) < 4.78 is 6.51. The highest BCUT2D eigenvalue weighted by molar-refractivity contribution is 5.71. The molecule has 8 nitrogen and oxygen atoms in total. The van der Waals surface area contributed by atoms with E-state index in [9.17, 15) is 9.59 Å². The predicted octanol–water partition coefficient (Wildman–Crippen LogP) is -1.19. The summed E-state index contributed by atoms with van der Waals surface area (Å²) in [5.41, 5.74) is 4.75. The van der Waals surface area contributed by atoms with Crippen molar-refractivity contribution in [1.82, 2.24) is 9.55 Å². The number of rotatable bonds is 3. The summed E-state index contributed by atoms with van der Waals surface area (Å²) in [6.07, 6.45) is -0.0686. The molecule has 8 heteroatoms. The molecule has 1 fully saturated rings. The van der Waals surface area contributed by atoms with Gasteiger partial charge >= 0.3 is 11.7 Å². The molecule has 0 radical (unpaired) electrons. The van der Waals surface area contributed by atoms with Crippen LogP contribution in [0.5, 0.6) is 0 Å². The number of nitrogen functional groups attached to an aromatic ring is 1. The summed E-state index contributed by atoms with van der Waals surface area (Å²) in [7, 11) is 0. The maximum Gasteiger partial charge on any atom is 0.351 e.